The summed E-state index contributed by atoms with van der Waals surface area (Å²) in [5.41, 5.74) is 1.17. The Balaban J connectivity index is 1.58. The molecule has 0 aromatic heterocycles. The fourth-order valence-corrected chi connectivity index (χ4v) is 3.47. The Labute approximate surface area is 155 Å². The van der Waals surface area contributed by atoms with Crippen LogP contribution in [0.3, 0.4) is 0 Å². The standard InChI is InChI=1S/C21H17NO5/c23-17-10-3-4-11-18(17)27-21(26)13-6-5-7-14(12-13)22-19(24)15-8-1-2-9-16(15)20(22)25/h1-2,5-9,12,18H,3-4,10-11H2. The van der Waals surface area contributed by atoms with Crippen LogP contribution in [0.2, 0.25) is 0 Å². The number of hydrogen-bond acceptors (Lipinski definition) is 5. The van der Waals surface area contributed by atoms with Crippen LogP contribution in [0, 0.1) is 0 Å². The Morgan fingerprint density at radius 1 is 0.926 bits per heavy atom. The summed E-state index contributed by atoms with van der Waals surface area (Å²) in [6.45, 7) is 0. The van der Waals surface area contributed by atoms with E-state index >= 15 is 0 Å². The molecular weight excluding hydrogens is 346 g/mol. The number of imide groups is 1. The normalized spacial score (nSPS) is 19.2. The van der Waals surface area contributed by atoms with Crippen molar-refractivity contribution in [3.8, 4) is 0 Å². The molecule has 1 unspecified atom stereocenters. The maximum atomic E-state index is 12.6. The number of carbonyl (C=O) groups is 4. The van der Waals surface area contributed by atoms with E-state index in [2.05, 4.69) is 0 Å². The summed E-state index contributed by atoms with van der Waals surface area (Å²) in [7, 11) is 0. The summed E-state index contributed by atoms with van der Waals surface area (Å²) in [4.78, 5) is 50.6. The quantitative estimate of drug-likeness (QED) is 0.618. The van der Waals surface area contributed by atoms with Crippen LogP contribution >= 0.6 is 0 Å². The zero-order chi connectivity index (χ0) is 19.0. The van der Waals surface area contributed by atoms with Gasteiger partial charge in [-0.25, -0.2) is 9.69 Å². The molecule has 4 rings (SSSR count). The fourth-order valence-electron chi connectivity index (χ4n) is 3.47. The van der Waals surface area contributed by atoms with E-state index in [0.29, 0.717) is 29.7 Å². The van der Waals surface area contributed by atoms with Gasteiger partial charge in [-0.15, -0.1) is 0 Å². The number of benzene rings is 2. The maximum Gasteiger partial charge on any atom is 0.338 e. The van der Waals surface area contributed by atoms with Crippen molar-refractivity contribution in [1.82, 2.24) is 0 Å². The summed E-state index contributed by atoms with van der Waals surface area (Å²) < 4.78 is 5.35. The van der Waals surface area contributed by atoms with E-state index in [9.17, 15) is 19.2 Å². The lowest BCUT2D eigenvalue weighted by molar-refractivity contribution is -0.129. The molecule has 136 valence electrons. The van der Waals surface area contributed by atoms with E-state index in [-0.39, 0.29) is 11.3 Å². The number of hydrogen-bond donors (Lipinski definition) is 0. The van der Waals surface area contributed by atoms with Crippen LogP contribution in [0.25, 0.3) is 0 Å². The number of ether oxygens (including phenoxy) is 1. The molecule has 1 saturated carbocycles. The van der Waals surface area contributed by atoms with Gasteiger partial charge in [0, 0.05) is 6.42 Å². The second kappa shape index (κ2) is 6.79. The largest absolute Gasteiger partial charge is 0.451 e. The minimum atomic E-state index is -0.714. The molecular formula is C21H17NO5. The average Bonchev–Trinajstić information content (AvgIpc) is 2.94. The molecule has 0 spiro atoms. The summed E-state index contributed by atoms with van der Waals surface area (Å²) in [6, 6.07) is 12.7. The Morgan fingerprint density at radius 3 is 2.30 bits per heavy atom. The summed E-state index contributed by atoms with van der Waals surface area (Å²) in [5.74, 6) is -1.55. The minimum Gasteiger partial charge on any atom is -0.451 e. The molecule has 27 heavy (non-hydrogen) atoms. The molecule has 6 heteroatoms. The first-order chi connectivity index (χ1) is 13.1. The zero-order valence-electron chi connectivity index (χ0n) is 14.5. The van der Waals surface area contributed by atoms with Crippen molar-refractivity contribution in [2.75, 3.05) is 4.90 Å². The van der Waals surface area contributed by atoms with Gasteiger partial charge in [0.05, 0.1) is 22.4 Å². The Hall–Kier alpha value is -3.28. The van der Waals surface area contributed by atoms with Crippen molar-refractivity contribution >= 4 is 29.3 Å². The van der Waals surface area contributed by atoms with Gasteiger partial charge in [-0.2, -0.15) is 0 Å². The monoisotopic (exact) mass is 363 g/mol. The molecule has 2 amide bonds. The molecule has 0 bridgehead atoms. The number of fused-ring (bicyclic) bond motifs is 1. The van der Waals surface area contributed by atoms with Crippen molar-refractivity contribution in [3.63, 3.8) is 0 Å². The van der Waals surface area contributed by atoms with E-state index in [1.54, 1.807) is 36.4 Å². The lowest BCUT2D eigenvalue weighted by Crippen LogP contribution is -2.31. The molecule has 1 atom stereocenters. The molecule has 1 aliphatic carbocycles. The molecule has 0 radical (unpaired) electrons. The van der Waals surface area contributed by atoms with Crippen LogP contribution in [-0.2, 0) is 9.53 Å². The molecule has 2 aromatic carbocycles. The van der Waals surface area contributed by atoms with Gasteiger partial charge in [0.15, 0.2) is 11.9 Å². The first kappa shape index (κ1) is 17.1. The maximum absolute atomic E-state index is 12.6. The highest BCUT2D eigenvalue weighted by atomic mass is 16.5. The molecule has 0 N–H and O–H groups in total. The molecule has 0 saturated heterocycles. The molecule has 2 aromatic rings. The van der Waals surface area contributed by atoms with Gasteiger partial charge in [0.2, 0.25) is 0 Å². The highest BCUT2D eigenvalue weighted by Crippen LogP contribution is 2.29. The van der Waals surface area contributed by atoms with Gasteiger partial charge in [0.1, 0.15) is 0 Å². The van der Waals surface area contributed by atoms with Crippen molar-refractivity contribution in [3.05, 3.63) is 65.2 Å². The van der Waals surface area contributed by atoms with Gasteiger partial charge in [-0.3, -0.25) is 14.4 Å². The number of carbonyl (C=O) groups excluding carboxylic acids is 4. The first-order valence-corrected chi connectivity index (χ1v) is 8.88. The number of ketones is 1. The molecule has 1 heterocycles. The van der Waals surface area contributed by atoms with Crippen molar-refractivity contribution < 1.29 is 23.9 Å². The predicted molar refractivity (Wildman–Crippen MR) is 96.7 cm³/mol. The van der Waals surface area contributed by atoms with Crippen molar-refractivity contribution in [2.24, 2.45) is 0 Å². The van der Waals surface area contributed by atoms with Crippen LogP contribution in [0.5, 0.6) is 0 Å². The van der Waals surface area contributed by atoms with E-state index in [0.717, 1.165) is 17.7 Å². The Bertz CT molecular complexity index is 930. The topological polar surface area (TPSA) is 80.8 Å². The first-order valence-electron chi connectivity index (χ1n) is 8.88. The molecule has 1 aliphatic heterocycles. The molecule has 6 nitrogen and oxygen atoms in total. The molecule has 1 fully saturated rings. The van der Waals surface area contributed by atoms with Crippen molar-refractivity contribution in [2.45, 2.75) is 31.8 Å². The van der Waals surface area contributed by atoms with Crippen molar-refractivity contribution in [1.29, 1.82) is 0 Å². The van der Waals surface area contributed by atoms with Crippen LogP contribution in [-0.4, -0.2) is 29.7 Å². The second-order valence-electron chi connectivity index (χ2n) is 6.65. The number of anilines is 1. The summed E-state index contributed by atoms with van der Waals surface area (Å²) in [5, 5.41) is 0. The SMILES string of the molecule is O=C(OC1CCCCC1=O)c1cccc(N2C(=O)c3ccccc3C2=O)c1. The second-order valence-corrected chi connectivity index (χ2v) is 6.65. The highest BCUT2D eigenvalue weighted by Gasteiger charge is 2.36. The van der Waals surface area contributed by atoms with Gasteiger partial charge in [-0.1, -0.05) is 18.2 Å². The Morgan fingerprint density at radius 2 is 1.63 bits per heavy atom. The van der Waals surface area contributed by atoms with Crippen LogP contribution in [0.4, 0.5) is 5.69 Å². The molecule has 2 aliphatic rings. The lowest BCUT2D eigenvalue weighted by atomic mass is 9.96. The highest BCUT2D eigenvalue weighted by molar-refractivity contribution is 6.34. The number of nitrogens with zero attached hydrogens (tertiary/aromatic N) is 1. The number of rotatable bonds is 3. The van der Waals surface area contributed by atoms with Gasteiger partial charge < -0.3 is 4.74 Å². The fraction of sp³-hybridized carbons (Fsp3) is 0.238. The summed E-state index contributed by atoms with van der Waals surface area (Å²) >= 11 is 0. The number of amides is 2. The van der Waals surface area contributed by atoms with Crippen LogP contribution < -0.4 is 4.90 Å². The third kappa shape index (κ3) is 3.03. The third-order valence-corrected chi connectivity index (χ3v) is 4.88. The smallest absolute Gasteiger partial charge is 0.338 e. The van der Waals surface area contributed by atoms with E-state index in [1.807, 2.05) is 0 Å². The number of Topliss-reactive ketones (excluding diaryl/α,β-unsaturated/α-hetero) is 1. The van der Waals surface area contributed by atoms with E-state index in [4.69, 9.17) is 4.74 Å². The van der Waals surface area contributed by atoms with Gasteiger partial charge in [0.25, 0.3) is 11.8 Å². The minimum absolute atomic E-state index is 0.0638. The Kier molecular flexibility index (Phi) is 4.32. The summed E-state index contributed by atoms with van der Waals surface area (Å²) in [6.07, 6.45) is 1.91. The van der Waals surface area contributed by atoms with E-state index in [1.165, 1.54) is 12.1 Å². The predicted octanol–water partition coefficient (Wildman–Crippen LogP) is 3.16. The average molecular weight is 363 g/mol. The number of esters is 1. The van der Waals surface area contributed by atoms with Crippen LogP contribution in [0.15, 0.2) is 48.5 Å². The van der Waals surface area contributed by atoms with E-state index < -0.39 is 23.9 Å². The zero-order valence-corrected chi connectivity index (χ0v) is 14.5. The lowest BCUT2D eigenvalue weighted by Gasteiger charge is -2.21. The van der Waals surface area contributed by atoms with Gasteiger partial charge >= 0.3 is 5.97 Å². The third-order valence-electron chi connectivity index (χ3n) is 4.88. The van der Waals surface area contributed by atoms with Crippen LogP contribution in [0.1, 0.15) is 56.8 Å². The van der Waals surface area contributed by atoms with Gasteiger partial charge in [-0.05, 0) is 49.6 Å².